The molecule has 3 aromatic rings. The fourth-order valence-corrected chi connectivity index (χ4v) is 3.85. The summed E-state index contributed by atoms with van der Waals surface area (Å²) >= 11 is 5.92. The highest BCUT2D eigenvalue weighted by molar-refractivity contribution is 6.30. The van der Waals surface area contributed by atoms with Crippen LogP contribution >= 0.6 is 11.6 Å². The molecule has 0 radical (unpaired) electrons. The van der Waals surface area contributed by atoms with E-state index in [1.807, 2.05) is 35.2 Å². The second-order valence-electron chi connectivity index (χ2n) is 8.06. The fourth-order valence-electron chi connectivity index (χ4n) is 3.72. The van der Waals surface area contributed by atoms with E-state index >= 15 is 0 Å². The second-order valence-corrected chi connectivity index (χ2v) is 8.50. The standard InChI is InChI=1S/C24H25ClN4O6/c25-19-6-8-20(9-7-19)26-24(32)29-28(16-23(31)35-29)21(14-18-4-2-1-3-5-18)17-34-22(30)15-27-10-12-33-13-11-27/h1-9,16,21H,10-15,17H2/p+2. The monoisotopic (exact) mass is 502 g/mol. The van der Waals surface area contributed by atoms with E-state index in [-0.39, 0.29) is 19.1 Å². The first-order chi connectivity index (χ1) is 17.0. The van der Waals surface area contributed by atoms with Crippen molar-refractivity contribution in [3.8, 4) is 0 Å². The van der Waals surface area contributed by atoms with Gasteiger partial charge in [0.05, 0.1) is 19.8 Å². The maximum Gasteiger partial charge on any atom is 0.554 e. The number of nitrogens with one attached hydrogen (secondary N) is 1. The Balaban J connectivity index is 1.56. The Morgan fingerprint density at radius 2 is 1.86 bits per heavy atom. The number of halogens is 1. The van der Waals surface area contributed by atoms with Crippen LogP contribution in [-0.4, -0.2) is 66.3 Å². The quantitative estimate of drug-likeness (QED) is 0.196. The van der Waals surface area contributed by atoms with Crippen molar-refractivity contribution in [3.63, 3.8) is 0 Å². The number of carbonyl (C=O) groups is 1. The maximum atomic E-state index is 12.5. The minimum Gasteiger partial charge on any atom is -0.457 e. The molecule has 1 aliphatic heterocycles. The van der Waals surface area contributed by atoms with E-state index in [2.05, 4.69) is 4.99 Å². The summed E-state index contributed by atoms with van der Waals surface area (Å²) in [5.74, 6) is -0.379. The van der Waals surface area contributed by atoms with Crippen molar-refractivity contribution in [1.29, 1.82) is 0 Å². The molecule has 184 valence electrons. The van der Waals surface area contributed by atoms with Crippen LogP contribution in [0.4, 0.5) is 5.69 Å². The molecule has 4 rings (SSSR count). The lowest BCUT2D eigenvalue weighted by Gasteiger charge is -2.25. The molecular formula is C24H27ClN4O6+2. The molecule has 2 heterocycles. The van der Waals surface area contributed by atoms with Gasteiger partial charge in [-0.3, -0.25) is 9.69 Å². The first-order valence-electron chi connectivity index (χ1n) is 11.2. The molecule has 0 bridgehead atoms. The largest absolute Gasteiger partial charge is 0.554 e. The van der Waals surface area contributed by atoms with Gasteiger partial charge in [0.1, 0.15) is 5.69 Å². The Labute approximate surface area is 206 Å². The molecule has 2 aromatic carbocycles. The van der Waals surface area contributed by atoms with E-state index in [0.717, 1.165) is 10.4 Å². The zero-order valence-corrected chi connectivity index (χ0v) is 19.8. The predicted octanol–water partition coefficient (Wildman–Crippen LogP) is 0.216. The van der Waals surface area contributed by atoms with E-state index in [1.165, 1.54) is 10.9 Å². The van der Waals surface area contributed by atoms with Gasteiger partial charge in [0.2, 0.25) is 10.9 Å². The third-order valence-corrected chi connectivity index (χ3v) is 5.74. The van der Waals surface area contributed by atoms with E-state index < -0.39 is 17.7 Å². The average molecular weight is 503 g/mol. The van der Waals surface area contributed by atoms with Gasteiger partial charge in [-0.1, -0.05) is 41.9 Å². The van der Waals surface area contributed by atoms with Gasteiger partial charge in [0, 0.05) is 29.2 Å². The summed E-state index contributed by atoms with van der Waals surface area (Å²) in [4.78, 5) is 30.4. The summed E-state index contributed by atoms with van der Waals surface area (Å²) in [6.45, 7) is 2.61. The summed E-state index contributed by atoms with van der Waals surface area (Å²) in [6.07, 6.45) is 1.63. The van der Waals surface area contributed by atoms with Crippen molar-refractivity contribution in [1.82, 2.24) is 9.75 Å². The van der Waals surface area contributed by atoms with Crippen molar-refractivity contribution < 1.29 is 33.6 Å². The van der Waals surface area contributed by atoms with Gasteiger partial charge >= 0.3 is 23.8 Å². The number of aliphatic hydroxyl groups is 1. The number of esters is 1. The Morgan fingerprint density at radius 1 is 1.14 bits per heavy atom. The highest BCUT2D eigenvalue weighted by Gasteiger charge is 2.36. The lowest BCUT2D eigenvalue weighted by molar-refractivity contribution is -0.803. The van der Waals surface area contributed by atoms with Crippen molar-refractivity contribution >= 4 is 29.3 Å². The Bertz CT molecular complexity index is 1200. The number of hydrogen-bond acceptors (Lipinski definition) is 6. The summed E-state index contributed by atoms with van der Waals surface area (Å²) in [5.41, 5.74) is 0.818. The van der Waals surface area contributed by atoms with Gasteiger partial charge in [-0.15, -0.1) is 0 Å². The number of morpholine rings is 1. The molecule has 1 aliphatic rings. The number of rotatable bonds is 8. The van der Waals surface area contributed by atoms with Gasteiger partial charge in [0.15, 0.2) is 6.61 Å². The highest BCUT2D eigenvalue weighted by atomic mass is 35.5. The minimum atomic E-state index is -0.674. The molecule has 1 unspecified atom stereocenters. The van der Waals surface area contributed by atoms with Gasteiger partial charge in [-0.25, -0.2) is 4.79 Å². The third kappa shape index (κ3) is 7.01. The van der Waals surface area contributed by atoms with E-state index in [9.17, 15) is 14.7 Å². The first kappa shape index (κ1) is 24.6. The molecule has 35 heavy (non-hydrogen) atoms. The number of aliphatic hydroxyl groups excluding tert-OH is 1. The predicted molar refractivity (Wildman–Crippen MR) is 126 cm³/mol. The average Bonchev–Trinajstić information content (AvgIpc) is 3.26. The molecule has 0 spiro atoms. The van der Waals surface area contributed by atoms with Gasteiger partial charge in [-0.2, -0.15) is 9.52 Å². The van der Waals surface area contributed by atoms with Crippen LogP contribution in [0.25, 0.3) is 0 Å². The van der Waals surface area contributed by atoms with Crippen LogP contribution in [0, 0.1) is 0 Å². The van der Waals surface area contributed by atoms with Crippen LogP contribution in [0.2, 0.25) is 5.02 Å². The van der Waals surface area contributed by atoms with E-state index in [0.29, 0.717) is 43.4 Å². The van der Waals surface area contributed by atoms with Crippen LogP contribution in [0.1, 0.15) is 11.6 Å². The second kappa shape index (κ2) is 11.8. The van der Waals surface area contributed by atoms with E-state index in [4.69, 9.17) is 25.6 Å². The lowest BCUT2D eigenvalue weighted by Crippen LogP contribution is -2.71. The van der Waals surface area contributed by atoms with E-state index in [1.54, 1.807) is 24.3 Å². The third-order valence-electron chi connectivity index (χ3n) is 5.49. The molecule has 0 saturated carbocycles. The summed E-state index contributed by atoms with van der Waals surface area (Å²) in [6, 6.07) is 15.2. The van der Waals surface area contributed by atoms with Crippen molar-refractivity contribution in [3.05, 3.63) is 81.8 Å². The lowest BCUT2D eigenvalue weighted by atomic mass is 10.1. The number of nitrogens with zero attached hydrogens (tertiary/aromatic N) is 3. The number of benzene rings is 2. The Kier molecular flexibility index (Phi) is 8.30. The topological polar surface area (TPSA) is 112 Å². The molecule has 11 heteroatoms. The molecule has 2 N–H and O–H groups in total. The van der Waals surface area contributed by atoms with Crippen molar-refractivity contribution in [2.45, 2.75) is 12.5 Å². The van der Waals surface area contributed by atoms with Crippen LogP contribution < -0.4 is 15.3 Å². The number of hydrogen-bond donors (Lipinski definition) is 2. The van der Waals surface area contributed by atoms with Gasteiger partial charge < -0.3 is 14.6 Å². The molecule has 1 saturated heterocycles. The van der Waals surface area contributed by atoms with Crippen molar-refractivity contribution in [2.75, 3.05) is 39.5 Å². The molecule has 1 fully saturated rings. The molecule has 0 amide bonds. The Hall–Kier alpha value is -3.47. The smallest absolute Gasteiger partial charge is 0.457 e. The molecule has 10 nitrogen and oxygen atoms in total. The van der Waals surface area contributed by atoms with Crippen LogP contribution in [0.3, 0.4) is 0 Å². The minimum absolute atomic E-state index is 0.0318. The van der Waals surface area contributed by atoms with Crippen LogP contribution in [0.5, 0.6) is 0 Å². The van der Waals surface area contributed by atoms with Crippen LogP contribution in [0.15, 0.2) is 70.1 Å². The number of aromatic nitrogens is 2. The molecule has 0 aliphatic carbocycles. The van der Waals surface area contributed by atoms with Gasteiger partial charge in [0.25, 0.3) is 0 Å². The molecule has 1 aromatic heterocycles. The normalized spacial score (nSPS) is 15.6. The summed E-state index contributed by atoms with van der Waals surface area (Å²) in [5, 5.41) is 11.2. The van der Waals surface area contributed by atoms with Gasteiger partial charge in [-0.05, 0) is 29.8 Å². The SMILES string of the molecule is O=C(CN1CCOCC1)OCC(Cc1ccccc1)[n+]1cc(=O)on1C(O)=[NH+]c1ccc(Cl)cc1. The number of ether oxygens (including phenoxy) is 2. The Morgan fingerprint density at radius 3 is 2.57 bits per heavy atom. The maximum absolute atomic E-state index is 12.5. The molecular weight excluding hydrogens is 476 g/mol. The van der Waals surface area contributed by atoms with Crippen LogP contribution in [-0.2, 0) is 20.7 Å². The zero-order chi connectivity index (χ0) is 24.6. The zero-order valence-electron chi connectivity index (χ0n) is 19.0. The summed E-state index contributed by atoms with van der Waals surface area (Å²) < 4.78 is 17.5. The molecule has 1 atom stereocenters. The number of carbonyl (C=O) groups excluding carboxylic acids is 1. The fraction of sp³-hybridized carbons (Fsp3) is 0.333. The highest BCUT2D eigenvalue weighted by Crippen LogP contribution is 2.11. The summed E-state index contributed by atoms with van der Waals surface area (Å²) in [7, 11) is 0. The first-order valence-corrected chi connectivity index (χ1v) is 11.6. The van der Waals surface area contributed by atoms with Crippen molar-refractivity contribution in [2.24, 2.45) is 0 Å².